The second-order valence-electron chi connectivity index (χ2n) is 4.90. The topological polar surface area (TPSA) is 64.8 Å². The van der Waals surface area contributed by atoms with Gasteiger partial charge in [-0.15, -0.1) is 5.06 Å². The van der Waals surface area contributed by atoms with Crippen LogP contribution in [0.1, 0.15) is 33.6 Å². The standard InChI is InChI=1S/C10H20N2O3/c1-10(2,3)9(13)15-12-6-4-5-8(12)7-14-11/h8H,4-7,11H2,1-3H3/t8-/m1/s1. The average molecular weight is 216 g/mol. The summed E-state index contributed by atoms with van der Waals surface area (Å²) in [6, 6.07) is 0.0984. The summed E-state index contributed by atoms with van der Waals surface area (Å²) in [5, 5.41) is 1.68. The predicted octanol–water partition coefficient (Wildman–Crippen LogP) is 0.845. The molecule has 1 aliphatic heterocycles. The van der Waals surface area contributed by atoms with Crippen molar-refractivity contribution in [2.75, 3.05) is 13.2 Å². The molecular weight excluding hydrogens is 196 g/mol. The SMILES string of the molecule is CC(C)(C)C(=O)ON1CCC[C@@H]1CON. The van der Waals surface area contributed by atoms with E-state index in [2.05, 4.69) is 4.84 Å². The molecule has 88 valence electrons. The van der Waals surface area contributed by atoms with Gasteiger partial charge in [0.2, 0.25) is 0 Å². The molecule has 1 rings (SSSR count). The van der Waals surface area contributed by atoms with Crippen molar-refractivity contribution in [3.05, 3.63) is 0 Å². The summed E-state index contributed by atoms with van der Waals surface area (Å²) in [7, 11) is 0. The van der Waals surface area contributed by atoms with Crippen LogP contribution in [-0.2, 0) is 14.5 Å². The molecule has 5 heteroatoms. The van der Waals surface area contributed by atoms with Gasteiger partial charge in [0, 0.05) is 6.54 Å². The molecule has 1 fully saturated rings. The van der Waals surface area contributed by atoms with Gasteiger partial charge in [-0.1, -0.05) is 0 Å². The van der Waals surface area contributed by atoms with Gasteiger partial charge in [-0.25, -0.2) is 10.7 Å². The quantitative estimate of drug-likeness (QED) is 0.708. The molecule has 0 radical (unpaired) electrons. The van der Waals surface area contributed by atoms with E-state index in [1.807, 2.05) is 20.8 Å². The van der Waals surface area contributed by atoms with Gasteiger partial charge in [0.25, 0.3) is 0 Å². The van der Waals surface area contributed by atoms with Crippen LogP contribution in [0.15, 0.2) is 0 Å². The minimum Gasteiger partial charge on any atom is -0.367 e. The van der Waals surface area contributed by atoms with Gasteiger partial charge in [0.1, 0.15) is 0 Å². The zero-order chi connectivity index (χ0) is 11.5. The van der Waals surface area contributed by atoms with E-state index in [1.165, 1.54) is 0 Å². The van der Waals surface area contributed by atoms with Crippen molar-refractivity contribution in [2.24, 2.45) is 11.3 Å². The second kappa shape index (κ2) is 4.92. The van der Waals surface area contributed by atoms with E-state index in [9.17, 15) is 4.79 Å². The van der Waals surface area contributed by atoms with Gasteiger partial charge in [0.05, 0.1) is 18.1 Å². The third-order valence-corrected chi connectivity index (χ3v) is 2.42. The molecule has 1 heterocycles. The molecule has 1 saturated heterocycles. The van der Waals surface area contributed by atoms with Crippen molar-refractivity contribution in [1.29, 1.82) is 0 Å². The minimum absolute atomic E-state index is 0.0984. The zero-order valence-corrected chi connectivity index (χ0v) is 9.66. The van der Waals surface area contributed by atoms with Crippen LogP contribution in [0.2, 0.25) is 0 Å². The monoisotopic (exact) mass is 216 g/mol. The van der Waals surface area contributed by atoms with Gasteiger partial charge >= 0.3 is 5.97 Å². The Morgan fingerprint density at radius 1 is 1.53 bits per heavy atom. The summed E-state index contributed by atoms with van der Waals surface area (Å²) in [6.07, 6.45) is 1.96. The number of nitrogens with zero attached hydrogens (tertiary/aromatic N) is 1. The van der Waals surface area contributed by atoms with Crippen molar-refractivity contribution >= 4 is 5.97 Å². The third-order valence-electron chi connectivity index (χ3n) is 2.42. The largest absolute Gasteiger partial charge is 0.367 e. The van der Waals surface area contributed by atoms with Crippen molar-refractivity contribution in [2.45, 2.75) is 39.7 Å². The highest BCUT2D eigenvalue weighted by Crippen LogP contribution is 2.22. The van der Waals surface area contributed by atoms with Crippen LogP contribution in [0.3, 0.4) is 0 Å². The summed E-state index contributed by atoms with van der Waals surface area (Å²) in [5.41, 5.74) is -0.475. The Bertz CT molecular complexity index is 225. The maximum Gasteiger partial charge on any atom is 0.330 e. The molecular formula is C10H20N2O3. The fourth-order valence-electron chi connectivity index (χ4n) is 1.45. The van der Waals surface area contributed by atoms with E-state index in [0.717, 1.165) is 19.4 Å². The molecule has 0 unspecified atom stereocenters. The lowest BCUT2D eigenvalue weighted by Crippen LogP contribution is -2.39. The van der Waals surface area contributed by atoms with E-state index in [0.29, 0.717) is 6.61 Å². The Labute approximate surface area is 90.4 Å². The van der Waals surface area contributed by atoms with Crippen LogP contribution in [-0.4, -0.2) is 30.2 Å². The zero-order valence-electron chi connectivity index (χ0n) is 9.66. The Morgan fingerprint density at radius 3 is 2.73 bits per heavy atom. The second-order valence-corrected chi connectivity index (χ2v) is 4.90. The Balaban J connectivity index is 2.47. The molecule has 2 N–H and O–H groups in total. The van der Waals surface area contributed by atoms with Gasteiger partial charge in [-0.2, -0.15) is 0 Å². The number of carbonyl (C=O) groups excluding carboxylic acids is 1. The molecule has 1 atom stereocenters. The van der Waals surface area contributed by atoms with Gasteiger partial charge < -0.3 is 9.68 Å². The van der Waals surface area contributed by atoms with Crippen molar-refractivity contribution in [3.63, 3.8) is 0 Å². The van der Waals surface area contributed by atoms with E-state index >= 15 is 0 Å². The normalized spacial score (nSPS) is 23.1. The third kappa shape index (κ3) is 3.44. The van der Waals surface area contributed by atoms with Gasteiger partial charge in [-0.05, 0) is 33.6 Å². The molecule has 0 spiro atoms. The lowest BCUT2D eigenvalue weighted by Gasteiger charge is -2.26. The smallest absolute Gasteiger partial charge is 0.330 e. The molecule has 0 amide bonds. The first-order chi connectivity index (χ1) is 6.95. The summed E-state index contributed by atoms with van der Waals surface area (Å²) >= 11 is 0. The van der Waals surface area contributed by atoms with Gasteiger partial charge in [0.15, 0.2) is 0 Å². The van der Waals surface area contributed by atoms with Crippen LogP contribution in [0.4, 0.5) is 0 Å². The molecule has 0 saturated carbocycles. The van der Waals surface area contributed by atoms with E-state index in [-0.39, 0.29) is 12.0 Å². The number of hydrogen-bond donors (Lipinski definition) is 1. The molecule has 0 aliphatic carbocycles. The van der Waals surface area contributed by atoms with E-state index < -0.39 is 5.41 Å². The molecule has 15 heavy (non-hydrogen) atoms. The van der Waals surface area contributed by atoms with Crippen molar-refractivity contribution in [1.82, 2.24) is 5.06 Å². The first-order valence-electron chi connectivity index (χ1n) is 5.26. The first kappa shape index (κ1) is 12.4. The van der Waals surface area contributed by atoms with Crippen LogP contribution < -0.4 is 5.90 Å². The maximum atomic E-state index is 11.6. The first-order valence-corrected chi connectivity index (χ1v) is 5.26. The number of hydrogen-bond acceptors (Lipinski definition) is 5. The highest BCUT2D eigenvalue weighted by molar-refractivity contribution is 5.75. The Kier molecular flexibility index (Phi) is 4.07. The number of hydroxylamine groups is 2. The average Bonchev–Trinajstić information content (AvgIpc) is 2.52. The highest BCUT2D eigenvalue weighted by Gasteiger charge is 2.32. The molecule has 0 aromatic heterocycles. The van der Waals surface area contributed by atoms with Crippen LogP contribution in [0, 0.1) is 5.41 Å². The van der Waals surface area contributed by atoms with Crippen molar-refractivity contribution in [3.8, 4) is 0 Å². The molecule has 0 aromatic carbocycles. The number of carbonyl (C=O) groups is 1. The molecule has 5 nitrogen and oxygen atoms in total. The Morgan fingerprint density at radius 2 is 2.20 bits per heavy atom. The van der Waals surface area contributed by atoms with Crippen LogP contribution in [0.25, 0.3) is 0 Å². The summed E-state index contributed by atoms with van der Waals surface area (Å²) in [4.78, 5) is 21.5. The highest BCUT2D eigenvalue weighted by atomic mass is 16.7. The lowest BCUT2D eigenvalue weighted by molar-refractivity contribution is -0.207. The molecule has 0 bridgehead atoms. The molecule has 1 aliphatic rings. The maximum absolute atomic E-state index is 11.6. The fraction of sp³-hybridized carbons (Fsp3) is 0.900. The van der Waals surface area contributed by atoms with Crippen LogP contribution >= 0.6 is 0 Å². The van der Waals surface area contributed by atoms with Crippen LogP contribution in [0.5, 0.6) is 0 Å². The number of nitrogens with two attached hydrogens (primary N) is 1. The van der Waals surface area contributed by atoms with Gasteiger partial charge in [-0.3, -0.25) is 0 Å². The van der Waals surface area contributed by atoms with E-state index in [1.54, 1.807) is 5.06 Å². The lowest BCUT2D eigenvalue weighted by atomic mass is 9.98. The fourth-order valence-corrected chi connectivity index (χ4v) is 1.45. The molecule has 0 aromatic rings. The summed E-state index contributed by atoms with van der Waals surface area (Å²) < 4.78 is 0. The Hall–Kier alpha value is -0.650. The summed E-state index contributed by atoms with van der Waals surface area (Å²) in [6.45, 7) is 6.66. The number of rotatable bonds is 3. The predicted molar refractivity (Wildman–Crippen MR) is 55.4 cm³/mol. The van der Waals surface area contributed by atoms with Crippen molar-refractivity contribution < 1.29 is 14.5 Å². The minimum atomic E-state index is -0.475. The van der Waals surface area contributed by atoms with E-state index in [4.69, 9.17) is 10.7 Å². The summed E-state index contributed by atoms with van der Waals surface area (Å²) in [5.74, 6) is 4.80.